The van der Waals surface area contributed by atoms with Gasteiger partial charge in [0.2, 0.25) is 12.2 Å². The fraction of sp³-hybridized carbons (Fsp3) is 0.381. The van der Waals surface area contributed by atoms with Crippen LogP contribution in [0.25, 0.3) is 0 Å². The van der Waals surface area contributed by atoms with Gasteiger partial charge in [-0.3, -0.25) is 0 Å². The molecule has 24 heavy (non-hydrogen) atoms. The van der Waals surface area contributed by atoms with Crippen LogP contribution >= 0.6 is 0 Å². The van der Waals surface area contributed by atoms with Gasteiger partial charge in [-0.15, -0.1) is 0 Å². The average Bonchev–Trinajstić information content (AvgIpc) is 3.08. The van der Waals surface area contributed by atoms with Gasteiger partial charge in [-0.25, -0.2) is 4.99 Å². The zero-order valence-electron chi connectivity index (χ0n) is 13.8. The summed E-state index contributed by atoms with van der Waals surface area (Å²) in [7, 11) is 0. The molecule has 124 valence electrons. The van der Waals surface area contributed by atoms with E-state index in [1.165, 1.54) is 19.3 Å². The second kappa shape index (κ2) is 7.18. The lowest BCUT2D eigenvalue weighted by Gasteiger charge is -2.18. The Kier molecular flexibility index (Phi) is 4.61. The summed E-state index contributed by atoms with van der Waals surface area (Å²) in [5.74, 6) is 0.738. The van der Waals surface area contributed by atoms with E-state index in [4.69, 9.17) is 14.5 Å². The Morgan fingerprint density at radius 3 is 2.04 bits per heavy atom. The van der Waals surface area contributed by atoms with Crippen molar-refractivity contribution in [3.05, 3.63) is 71.8 Å². The highest BCUT2D eigenvalue weighted by Crippen LogP contribution is 2.37. The number of rotatable bonds is 3. The molecule has 4 rings (SSSR count). The number of nitrogens with zero attached hydrogens (tertiary/aromatic N) is 1. The third-order valence-corrected chi connectivity index (χ3v) is 4.77. The lowest BCUT2D eigenvalue weighted by atomic mass is 9.96. The Balaban J connectivity index is 1.62. The molecule has 2 atom stereocenters. The quantitative estimate of drug-likeness (QED) is 0.777. The molecule has 1 aliphatic heterocycles. The van der Waals surface area contributed by atoms with E-state index >= 15 is 0 Å². The van der Waals surface area contributed by atoms with Crippen LogP contribution in [0.4, 0.5) is 0 Å². The van der Waals surface area contributed by atoms with Gasteiger partial charge < -0.3 is 9.47 Å². The fourth-order valence-corrected chi connectivity index (χ4v) is 3.48. The van der Waals surface area contributed by atoms with E-state index in [-0.39, 0.29) is 12.4 Å². The first-order valence-corrected chi connectivity index (χ1v) is 8.90. The van der Waals surface area contributed by atoms with Crippen molar-refractivity contribution in [3.8, 4) is 0 Å². The molecule has 3 nitrogen and oxygen atoms in total. The molecule has 0 amide bonds. The van der Waals surface area contributed by atoms with Crippen LogP contribution in [0.3, 0.4) is 0 Å². The van der Waals surface area contributed by atoms with Crippen LogP contribution in [0.2, 0.25) is 0 Å². The van der Waals surface area contributed by atoms with Gasteiger partial charge in [-0.2, -0.15) is 0 Å². The van der Waals surface area contributed by atoms with Gasteiger partial charge in [0.1, 0.15) is 0 Å². The summed E-state index contributed by atoms with van der Waals surface area (Å²) in [6.07, 6.45) is 5.58. The molecular weight excluding hydrogens is 298 g/mol. The van der Waals surface area contributed by atoms with Crippen LogP contribution in [-0.4, -0.2) is 11.9 Å². The van der Waals surface area contributed by atoms with Crippen molar-refractivity contribution in [2.75, 3.05) is 0 Å². The van der Waals surface area contributed by atoms with E-state index < -0.39 is 0 Å². The first-order valence-electron chi connectivity index (χ1n) is 8.90. The van der Waals surface area contributed by atoms with E-state index in [0.717, 1.165) is 29.9 Å². The second-order valence-electron chi connectivity index (χ2n) is 6.55. The molecular formula is C21H23NO2. The smallest absolute Gasteiger partial charge is 0.229 e. The third kappa shape index (κ3) is 3.36. The van der Waals surface area contributed by atoms with Crippen LogP contribution < -0.4 is 0 Å². The largest absolute Gasteiger partial charge is 0.445 e. The number of aliphatic imine (C=N–C) groups is 1. The Bertz CT molecular complexity index is 677. The molecule has 2 aliphatic rings. The van der Waals surface area contributed by atoms with E-state index in [2.05, 4.69) is 12.1 Å². The number of ether oxygens (including phenoxy) is 2. The summed E-state index contributed by atoms with van der Waals surface area (Å²) < 4.78 is 12.4. The van der Waals surface area contributed by atoms with E-state index in [1.807, 2.05) is 48.5 Å². The Morgan fingerprint density at radius 2 is 1.38 bits per heavy atom. The molecule has 2 fully saturated rings. The summed E-state index contributed by atoms with van der Waals surface area (Å²) in [5, 5.41) is 0. The van der Waals surface area contributed by atoms with Crippen molar-refractivity contribution in [1.82, 2.24) is 0 Å². The number of hydrogen-bond donors (Lipinski definition) is 0. The van der Waals surface area contributed by atoms with Crippen molar-refractivity contribution in [1.29, 1.82) is 0 Å². The van der Waals surface area contributed by atoms with Crippen molar-refractivity contribution in [3.63, 3.8) is 0 Å². The van der Waals surface area contributed by atoms with Crippen LogP contribution in [-0.2, 0) is 9.47 Å². The monoisotopic (exact) mass is 321 g/mol. The SMILES string of the molecule is c1ccc(C2OC(=NC3CCCCC3)C(c3ccccc3)O2)cc1. The Hall–Kier alpha value is -2.13. The van der Waals surface area contributed by atoms with Gasteiger partial charge in [0.25, 0.3) is 0 Å². The fourth-order valence-electron chi connectivity index (χ4n) is 3.48. The highest BCUT2D eigenvalue weighted by molar-refractivity contribution is 5.84. The van der Waals surface area contributed by atoms with Crippen LogP contribution in [0.1, 0.15) is 55.6 Å². The van der Waals surface area contributed by atoms with Gasteiger partial charge in [0, 0.05) is 5.56 Å². The molecule has 1 saturated heterocycles. The molecule has 0 N–H and O–H groups in total. The maximum atomic E-state index is 6.23. The molecule has 1 aliphatic carbocycles. The molecule has 1 saturated carbocycles. The number of benzene rings is 2. The first kappa shape index (κ1) is 15.4. The molecule has 2 aromatic rings. The maximum absolute atomic E-state index is 6.23. The van der Waals surface area contributed by atoms with E-state index in [0.29, 0.717) is 6.04 Å². The molecule has 0 spiro atoms. The van der Waals surface area contributed by atoms with Crippen molar-refractivity contribution >= 4 is 5.90 Å². The minimum atomic E-state index is -0.376. The zero-order chi connectivity index (χ0) is 16.2. The summed E-state index contributed by atoms with van der Waals surface area (Å²) in [6, 6.07) is 20.7. The Labute approximate surface area is 143 Å². The normalized spacial score (nSPS) is 26.4. The number of hydrogen-bond acceptors (Lipinski definition) is 3. The minimum Gasteiger partial charge on any atom is -0.445 e. The summed E-state index contributed by atoms with van der Waals surface area (Å²) in [4.78, 5) is 4.94. The molecule has 0 radical (unpaired) electrons. The van der Waals surface area contributed by atoms with Crippen molar-refractivity contribution in [2.45, 2.75) is 50.5 Å². The summed E-state index contributed by atoms with van der Waals surface area (Å²) in [6.45, 7) is 0. The highest BCUT2D eigenvalue weighted by atomic mass is 16.7. The standard InChI is InChI=1S/C21H23NO2/c1-4-10-16(11-5-1)19-20(22-18-14-8-3-9-15-18)24-21(23-19)17-12-6-2-7-13-17/h1-2,4-7,10-13,18-19,21H,3,8-9,14-15H2. The highest BCUT2D eigenvalue weighted by Gasteiger charge is 2.36. The van der Waals surface area contributed by atoms with Crippen LogP contribution in [0.15, 0.2) is 65.7 Å². The predicted molar refractivity (Wildman–Crippen MR) is 94.8 cm³/mol. The molecule has 1 heterocycles. The predicted octanol–water partition coefficient (Wildman–Crippen LogP) is 5.20. The average molecular weight is 321 g/mol. The van der Waals surface area contributed by atoms with Gasteiger partial charge >= 0.3 is 0 Å². The van der Waals surface area contributed by atoms with Gasteiger partial charge in [0.15, 0.2) is 6.10 Å². The minimum absolute atomic E-state index is 0.210. The molecule has 0 bridgehead atoms. The van der Waals surface area contributed by atoms with Gasteiger partial charge in [0.05, 0.1) is 6.04 Å². The molecule has 2 unspecified atom stereocenters. The van der Waals surface area contributed by atoms with Crippen molar-refractivity contribution < 1.29 is 9.47 Å². The third-order valence-electron chi connectivity index (χ3n) is 4.77. The van der Waals surface area contributed by atoms with Crippen LogP contribution in [0.5, 0.6) is 0 Å². The molecule has 2 aromatic carbocycles. The Morgan fingerprint density at radius 1 is 0.750 bits per heavy atom. The van der Waals surface area contributed by atoms with Crippen molar-refractivity contribution in [2.24, 2.45) is 4.99 Å². The summed E-state index contributed by atoms with van der Waals surface area (Å²) >= 11 is 0. The lowest BCUT2D eigenvalue weighted by molar-refractivity contribution is -0.0520. The first-order chi connectivity index (χ1) is 11.9. The topological polar surface area (TPSA) is 30.8 Å². The zero-order valence-corrected chi connectivity index (χ0v) is 13.8. The lowest BCUT2D eigenvalue weighted by Crippen LogP contribution is -2.16. The van der Waals surface area contributed by atoms with Gasteiger partial charge in [-0.1, -0.05) is 79.9 Å². The van der Waals surface area contributed by atoms with E-state index in [1.54, 1.807) is 0 Å². The summed E-state index contributed by atoms with van der Waals surface area (Å²) in [5.41, 5.74) is 2.14. The van der Waals surface area contributed by atoms with Crippen LogP contribution in [0, 0.1) is 0 Å². The maximum Gasteiger partial charge on any atom is 0.229 e. The van der Waals surface area contributed by atoms with Gasteiger partial charge in [-0.05, 0) is 18.4 Å². The molecule has 3 heteroatoms. The molecule has 0 aromatic heterocycles. The second-order valence-corrected chi connectivity index (χ2v) is 6.55. The van der Waals surface area contributed by atoms with E-state index in [9.17, 15) is 0 Å².